The normalized spacial score (nSPS) is 28.5. The van der Waals surface area contributed by atoms with Gasteiger partial charge in [0.25, 0.3) is 0 Å². The molecule has 1 aromatic carbocycles. The van der Waals surface area contributed by atoms with Crippen molar-refractivity contribution in [3.05, 3.63) is 61.2 Å². The number of carbonyl (C=O) groups is 3. The number of aliphatic hydroxyl groups is 1. The quantitative estimate of drug-likeness (QED) is 0.289. The Kier molecular flexibility index (Phi) is 9.14. The number of likely N-dealkylation sites (tertiary alicyclic amines) is 1. The van der Waals surface area contributed by atoms with Gasteiger partial charge in [0.1, 0.15) is 11.6 Å². The van der Waals surface area contributed by atoms with Gasteiger partial charge in [-0.2, -0.15) is 0 Å². The maximum atomic E-state index is 14.5. The Morgan fingerprint density at radius 1 is 1.07 bits per heavy atom. The zero-order chi connectivity index (χ0) is 30.0. The van der Waals surface area contributed by atoms with Crippen molar-refractivity contribution in [1.82, 2.24) is 14.7 Å². The highest BCUT2D eigenvalue weighted by Gasteiger charge is 2.78. The molecule has 3 saturated heterocycles. The van der Waals surface area contributed by atoms with Gasteiger partial charge in [0, 0.05) is 38.3 Å². The molecule has 3 fully saturated rings. The Morgan fingerprint density at radius 3 is 2.37 bits per heavy atom. The van der Waals surface area contributed by atoms with E-state index < -0.39 is 34.6 Å². The minimum atomic E-state index is -1.07. The van der Waals surface area contributed by atoms with Crippen LogP contribution in [0.5, 0.6) is 0 Å². The van der Waals surface area contributed by atoms with Crippen molar-refractivity contribution >= 4 is 17.7 Å². The van der Waals surface area contributed by atoms with Gasteiger partial charge >= 0.3 is 0 Å². The number of hydrogen-bond acceptors (Lipinski definition) is 5. The van der Waals surface area contributed by atoms with E-state index >= 15 is 0 Å². The summed E-state index contributed by atoms with van der Waals surface area (Å²) in [5.74, 6) is -1.93. The minimum absolute atomic E-state index is 0.0819. The highest BCUT2D eigenvalue weighted by atomic mass is 16.5. The van der Waals surface area contributed by atoms with Crippen LogP contribution in [0.25, 0.3) is 0 Å². The summed E-state index contributed by atoms with van der Waals surface area (Å²) in [6, 6.07) is 8.96. The third-order valence-electron chi connectivity index (χ3n) is 9.10. The number of nitrogens with zero attached hydrogens (tertiary/aromatic N) is 3. The third kappa shape index (κ3) is 5.61. The summed E-state index contributed by atoms with van der Waals surface area (Å²) in [5.41, 5.74) is -1.43. The lowest BCUT2D eigenvalue weighted by Gasteiger charge is -2.42. The highest BCUT2D eigenvalue weighted by Crippen LogP contribution is 2.63. The standard InChI is InChI=1S/C33H47N3O5/c1-7-19-34(23-24-15-11-9-12-16-24)28(38)25-26-29(39)35(21-13-10-14-22-37)27(33(26)18-17-32(25,6)41-33)30(40)36(20-8-2)31(3,4)5/h7-9,11-12,15-16,25-27,37H,1-2,10,13-14,17-23H2,3-6H3/t25-,26+,27?,32+,33?/m1/s1. The van der Waals surface area contributed by atoms with Crippen molar-refractivity contribution in [2.75, 3.05) is 26.2 Å². The van der Waals surface area contributed by atoms with Gasteiger partial charge in [0.2, 0.25) is 17.7 Å². The summed E-state index contributed by atoms with van der Waals surface area (Å²) < 4.78 is 6.84. The molecule has 0 saturated carbocycles. The molecule has 1 aromatic rings. The third-order valence-corrected chi connectivity index (χ3v) is 9.10. The number of aliphatic hydroxyl groups excluding tert-OH is 1. The van der Waals surface area contributed by atoms with Crippen LogP contribution in [-0.4, -0.2) is 86.6 Å². The summed E-state index contributed by atoms with van der Waals surface area (Å²) >= 11 is 0. The van der Waals surface area contributed by atoms with E-state index in [1.807, 2.05) is 58.0 Å². The number of rotatable bonds is 13. The highest BCUT2D eigenvalue weighted by molar-refractivity contribution is 5.99. The largest absolute Gasteiger partial charge is 0.396 e. The van der Waals surface area contributed by atoms with Crippen LogP contribution in [0.1, 0.15) is 65.4 Å². The molecular formula is C33H47N3O5. The van der Waals surface area contributed by atoms with E-state index in [4.69, 9.17) is 4.74 Å². The van der Waals surface area contributed by atoms with E-state index in [0.717, 1.165) is 12.0 Å². The number of amides is 3. The van der Waals surface area contributed by atoms with E-state index in [1.54, 1.807) is 26.9 Å². The maximum Gasteiger partial charge on any atom is 0.249 e. The van der Waals surface area contributed by atoms with Crippen molar-refractivity contribution in [3.63, 3.8) is 0 Å². The van der Waals surface area contributed by atoms with Gasteiger partial charge in [-0.15, -0.1) is 13.2 Å². The molecule has 2 unspecified atom stereocenters. The predicted molar refractivity (Wildman–Crippen MR) is 159 cm³/mol. The van der Waals surface area contributed by atoms with E-state index in [0.29, 0.717) is 51.9 Å². The molecule has 2 bridgehead atoms. The Morgan fingerprint density at radius 2 is 1.76 bits per heavy atom. The number of hydrogen-bond donors (Lipinski definition) is 1. The summed E-state index contributed by atoms with van der Waals surface area (Å²) in [5, 5.41) is 9.29. The molecule has 224 valence electrons. The number of carbonyl (C=O) groups excluding carboxylic acids is 3. The van der Waals surface area contributed by atoms with E-state index in [-0.39, 0.29) is 24.3 Å². The van der Waals surface area contributed by atoms with Crippen LogP contribution in [-0.2, 0) is 25.7 Å². The van der Waals surface area contributed by atoms with Crippen molar-refractivity contribution in [3.8, 4) is 0 Å². The number of ether oxygens (including phenoxy) is 1. The summed E-state index contributed by atoms with van der Waals surface area (Å²) in [4.78, 5) is 48.5. The number of fused-ring (bicyclic) bond motifs is 1. The Balaban J connectivity index is 1.74. The zero-order valence-electron chi connectivity index (χ0n) is 25.2. The Labute approximate surface area is 245 Å². The molecule has 8 nitrogen and oxygen atoms in total. The molecule has 41 heavy (non-hydrogen) atoms. The van der Waals surface area contributed by atoms with Crippen LogP contribution in [0.2, 0.25) is 0 Å². The SMILES string of the molecule is C=CCN(Cc1ccccc1)C(=O)[C@H]1[C@H]2C(=O)N(CCCCCO)C(C(=O)N(CC=C)C(C)(C)C)C23CC[C@]1(C)O3. The lowest BCUT2D eigenvalue weighted by molar-refractivity contribution is -0.156. The minimum Gasteiger partial charge on any atom is -0.396 e. The molecule has 3 aliphatic heterocycles. The average Bonchev–Trinajstić information content (AvgIpc) is 3.49. The summed E-state index contributed by atoms with van der Waals surface area (Å²) in [6.07, 6.45) is 6.57. The van der Waals surface area contributed by atoms with Crippen LogP contribution >= 0.6 is 0 Å². The molecule has 1 spiro atoms. The van der Waals surface area contributed by atoms with E-state index in [2.05, 4.69) is 13.2 Å². The second-order valence-electron chi connectivity index (χ2n) is 12.9. The fraction of sp³-hybridized carbons (Fsp3) is 0.606. The molecule has 5 atom stereocenters. The van der Waals surface area contributed by atoms with Gasteiger partial charge in [0.05, 0.1) is 17.4 Å². The molecule has 3 heterocycles. The van der Waals surface area contributed by atoms with Crippen LogP contribution in [0.15, 0.2) is 55.6 Å². The zero-order valence-corrected chi connectivity index (χ0v) is 25.2. The van der Waals surface area contributed by atoms with Crippen molar-refractivity contribution in [2.24, 2.45) is 11.8 Å². The molecule has 8 heteroatoms. The van der Waals surface area contributed by atoms with Crippen LogP contribution in [0, 0.1) is 11.8 Å². The molecule has 0 aromatic heterocycles. The fourth-order valence-corrected chi connectivity index (χ4v) is 7.25. The molecule has 4 rings (SSSR count). The van der Waals surface area contributed by atoms with Gasteiger partial charge in [-0.05, 0) is 65.4 Å². The summed E-state index contributed by atoms with van der Waals surface area (Å²) in [7, 11) is 0. The predicted octanol–water partition coefficient (Wildman–Crippen LogP) is 3.94. The monoisotopic (exact) mass is 565 g/mol. The summed E-state index contributed by atoms with van der Waals surface area (Å²) in [6.45, 7) is 17.2. The lowest BCUT2D eigenvalue weighted by Crippen LogP contribution is -2.60. The average molecular weight is 566 g/mol. The van der Waals surface area contributed by atoms with Crippen molar-refractivity contribution in [2.45, 2.75) is 89.1 Å². The second-order valence-corrected chi connectivity index (χ2v) is 12.9. The van der Waals surface area contributed by atoms with Gasteiger partial charge in [-0.25, -0.2) is 0 Å². The van der Waals surface area contributed by atoms with Gasteiger partial charge in [-0.1, -0.05) is 42.5 Å². The Bertz CT molecular complexity index is 1150. The molecule has 0 radical (unpaired) electrons. The van der Waals surface area contributed by atoms with Crippen LogP contribution < -0.4 is 0 Å². The first-order valence-electron chi connectivity index (χ1n) is 14.9. The van der Waals surface area contributed by atoms with Gasteiger partial charge in [-0.3, -0.25) is 14.4 Å². The fourth-order valence-electron chi connectivity index (χ4n) is 7.25. The molecule has 0 aliphatic carbocycles. The second kappa shape index (κ2) is 12.1. The van der Waals surface area contributed by atoms with Crippen LogP contribution in [0.3, 0.4) is 0 Å². The van der Waals surface area contributed by atoms with Crippen molar-refractivity contribution < 1.29 is 24.2 Å². The van der Waals surface area contributed by atoms with Gasteiger partial charge in [0.15, 0.2) is 0 Å². The van der Waals surface area contributed by atoms with Crippen LogP contribution in [0.4, 0.5) is 0 Å². The smallest absolute Gasteiger partial charge is 0.249 e. The first-order valence-corrected chi connectivity index (χ1v) is 14.9. The first kappa shape index (κ1) is 31.0. The van der Waals surface area contributed by atoms with Crippen molar-refractivity contribution in [1.29, 1.82) is 0 Å². The lowest BCUT2D eigenvalue weighted by atomic mass is 9.66. The topological polar surface area (TPSA) is 90.4 Å². The van der Waals surface area contributed by atoms with Gasteiger partial charge < -0.3 is 24.5 Å². The molecular weight excluding hydrogens is 518 g/mol. The molecule has 1 N–H and O–H groups in total. The number of benzene rings is 1. The first-order chi connectivity index (χ1) is 19.4. The van der Waals surface area contributed by atoms with E-state index in [1.165, 1.54) is 0 Å². The number of unbranched alkanes of at least 4 members (excludes halogenated alkanes) is 2. The maximum absolute atomic E-state index is 14.5. The van der Waals surface area contributed by atoms with E-state index in [9.17, 15) is 19.5 Å². The molecule has 3 amide bonds. The molecule has 3 aliphatic rings. The Hall–Kier alpha value is -2.97.